The summed E-state index contributed by atoms with van der Waals surface area (Å²) in [4.78, 5) is 28.4. The van der Waals surface area contributed by atoms with E-state index in [9.17, 15) is 14.9 Å². The monoisotopic (exact) mass is 440 g/mol. The van der Waals surface area contributed by atoms with Gasteiger partial charge in [-0.05, 0) is 65.4 Å². The Hall–Kier alpha value is -3.82. The van der Waals surface area contributed by atoms with Crippen molar-refractivity contribution in [2.45, 2.75) is 32.7 Å². The lowest BCUT2D eigenvalue weighted by molar-refractivity contribution is 0.0953. The summed E-state index contributed by atoms with van der Waals surface area (Å²) < 4.78 is 0. The third-order valence-electron chi connectivity index (χ3n) is 5.34. The summed E-state index contributed by atoms with van der Waals surface area (Å²) >= 11 is 0. The first-order valence-electron chi connectivity index (χ1n) is 11.0. The molecule has 0 radical (unpaired) electrons. The molecule has 0 saturated heterocycles. The highest BCUT2D eigenvalue weighted by molar-refractivity contribution is 5.97. The third kappa shape index (κ3) is 6.58. The van der Waals surface area contributed by atoms with Gasteiger partial charge in [0.15, 0.2) is 0 Å². The van der Waals surface area contributed by atoms with Gasteiger partial charge in [-0.1, -0.05) is 38.1 Å². The Morgan fingerprint density at radius 1 is 1.12 bits per heavy atom. The van der Waals surface area contributed by atoms with Crippen LogP contribution < -0.4 is 10.6 Å². The minimum absolute atomic E-state index is 0.247. The van der Waals surface area contributed by atoms with Gasteiger partial charge in [-0.15, -0.1) is 0 Å². The van der Waals surface area contributed by atoms with E-state index >= 15 is 0 Å². The van der Waals surface area contributed by atoms with Crippen molar-refractivity contribution in [1.82, 2.24) is 15.6 Å². The lowest BCUT2D eigenvalue weighted by atomic mass is 9.96. The SMILES string of the molecule is CC(C)c1cncc(CNCCCNC(=O)c2cc(C=O)cc(-c3ccccc3C#N)c2)c1. The van der Waals surface area contributed by atoms with Crippen molar-refractivity contribution in [3.8, 4) is 17.2 Å². The zero-order valence-electron chi connectivity index (χ0n) is 19.0. The van der Waals surface area contributed by atoms with E-state index in [4.69, 9.17) is 0 Å². The van der Waals surface area contributed by atoms with E-state index in [1.807, 2.05) is 24.5 Å². The minimum Gasteiger partial charge on any atom is -0.352 e. The van der Waals surface area contributed by atoms with E-state index in [1.165, 1.54) is 5.56 Å². The molecule has 0 aliphatic rings. The van der Waals surface area contributed by atoms with Crippen LogP contribution in [-0.4, -0.2) is 30.3 Å². The van der Waals surface area contributed by atoms with Gasteiger partial charge in [0.1, 0.15) is 6.29 Å². The number of aldehydes is 1. The number of hydrogen-bond donors (Lipinski definition) is 2. The highest BCUT2D eigenvalue weighted by atomic mass is 16.1. The van der Waals surface area contributed by atoms with Gasteiger partial charge in [0.05, 0.1) is 11.6 Å². The van der Waals surface area contributed by atoms with Crippen LogP contribution in [-0.2, 0) is 6.54 Å². The van der Waals surface area contributed by atoms with Crippen LogP contribution in [0.3, 0.4) is 0 Å². The molecule has 1 amide bonds. The molecular weight excluding hydrogens is 412 g/mol. The molecule has 2 aromatic carbocycles. The van der Waals surface area contributed by atoms with Crippen molar-refractivity contribution in [1.29, 1.82) is 5.26 Å². The van der Waals surface area contributed by atoms with Crippen molar-refractivity contribution in [3.63, 3.8) is 0 Å². The minimum atomic E-state index is -0.247. The fraction of sp³-hybridized carbons (Fsp3) is 0.259. The zero-order valence-corrected chi connectivity index (χ0v) is 19.0. The normalized spacial score (nSPS) is 10.6. The predicted molar refractivity (Wildman–Crippen MR) is 129 cm³/mol. The van der Waals surface area contributed by atoms with Crippen LogP contribution in [0.4, 0.5) is 0 Å². The van der Waals surface area contributed by atoms with Crippen LogP contribution in [0.15, 0.2) is 60.9 Å². The molecule has 0 aliphatic carbocycles. The molecule has 1 aromatic heterocycles. The molecule has 3 rings (SSSR count). The molecule has 0 saturated carbocycles. The quantitative estimate of drug-likeness (QED) is 0.358. The Kier molecular flexibility index (Phi) is 8.45. The lowest BCUT2D eigenvalue weighted by Gasteiger charge is -2.11. The molecular formula is C27H28N4O2. The molecule has 0 bridgehead atoms. The largest absolute Gasteiger partial charge is 0.352 e. The van der Waals surface area contributed by atoms with Gasteiger partial charge in [-0.3, -0.25) is 14.6 Å². The summed E-state index contributed by atoms with van der Waals surface area (Å²) in [5.74, 6) is 0.197. The Balaban J connectivity index is 1.55. The van der Waals surface area contributed by atoms with Crippen LogP contribution in [0.2, 0.25) is 0 Å². The topological polar surface area (TPSA) is 94.9 Å². The fourth-order valence-corrected chi connectivity index (χ4v) is 3.51. The second-order valence-corrected chi connectivity index (χ2v) is 8.19. The van der Waals surface area contributed by atoms with Crippen LogP contribution in [0.5, 0.6) is 0 Å². The lowest BCUT2D eigenvalue weighted by Crippen LogP contribution is -2.27. The van der Waals surface area contributed by atoms with E-state index in [2.05, 4.69) is 41.6 Å². The molecule has 2 N–H and O–H groups in total. The number of carbonyl (C=O) groups excluding carboxylic acids is 2. The van der Waals surface area contributed by atoms with Crippen LogP contribution in [0.1, 0.15) is 63.6 Å². The predicted octanol–water partition coefficient (Wildman–Crippen LogP) is 4.47. The average molecular weight is 441 g/mol. The third-order valence-corrected chi connectivity index (χ3v) is 5.34. The van der Waals surface area contributed by atoms with E-state index in [0.29, 0.717) is 46.6 Å². The summed E-state index contributed by atoms with van der Waals surface area (Å²) in [6.45, 7) is 6.28. The number of nitrogens with one attached hydrogen (secondary N) is 2. The zero-order chi connectivity index (χ0) is 23.6. The first-order chi connectivity index (χ1) is 16.0. The van der Waals surface area contributed by atoms with E-state index < -0.39 is 0 Å². The number of aromatic nitrogens is 1. The molecule has 0 fully saturated rings. The molecule has 0 aliphatic heterocycles. The number of carbonyl (C=O) groups is 2. The number of hydrogen-bond acceptors (Lipinski definition) is 5. The number of pyridine rings is 1. The molecule has 6 nitrogen and oxygen atoms in total. The summed E-state index contributed by atoms with van der Waals surface area (Å²) in [6.07, 6.45) is 5.24. The second kappa shape index (κ2) is 11.7. The van der Waals surface area contributed by atoms with Gasteiger partial charge >= 0.3 is 0 Å². The van der Waals surface area contributed by atoms with Crippen LogP contribution >= 0.6 is 0 Å². The van der Waals surface area contributed by atoms with Gasteiger partial charge in [0.25, 0.3) is 5.91 Å². The second-order valence-electron chi connectivity index (χ2n) is 8.19. The van der Waals surface area contributed by atoms with Crippen molar-refractivity contribution in [3.05, 3.63) is 88.7 Å². The maximum atomic E-state index is 12.7. The molecule has 1 heterocycles. The summed E-state index contributed by atoms with van der Waals surface area (Å²) in [7, 11) is 0. The Labute approximate surface area is 194 Å². The molecule has 3 aromatic rings. The Morgan fingerprint density at radius 3 is 2.70 bits per heavy atom. The van der Waals surface area contributed by atoms with Gasteiger partial charge in [0, 0.05) is 36.6 Å². The fourth-order valence-electron chi connectivity index (χ4n) is 3.51. The van der Waals surface area contributed by atoms with Crippen molar-refractivity contribution in [2.75, 3.05) is 13.1 Å². The van der Waals surface area contributed by atoms with Crippen LogP contribution in [0, 0.1) is 11.3 Å². The average Bonchev–Trinajstić information content (AvgIpc) is 2.85. The Morgan fingerprint density at radius 2 is 1.94 bits per heavy atom. The molecule has 0 unspecified atom stereocenters. The number of nitriles is 1. The van der Waals surface area contributed by atoms with Gasteiger partial charge in [-0.25, -0.2) is 0 Å². The van der Waals surface area contributed by atoms with Crippen LogP contribution in [0.25, 0.3) is 11.1 Å². The molecule has 168 valence electrons. The van der Waals surface area contributed by atoms with Gasteiger partial charge < -0.3 is 10.6 Å². The number of nitrogens with zero attached hydrogens (tertiary/aromatic N) is 2. The van der Waals surface area contributed by atoms with Crippen molar-refractivity contribution in [2.24, 2.45) is 0 Å². The first kappa shape index (κ1) is 23.8. The van der Waals surface area contributed by atoms with Crippen molar-refractivity contribution >= 4 is 12.2 Å². The first-order valence-corrected chi connectivity index (χ1v) is 11.0. The smallest absolute Gasteiger partial charge is 0.251 e. The van der Waals surface area contributed by atoms with Gasteiger partial charge in [-0.2, -0.15) is 5.26 Å². The maximum absolute atomic E-state index is 12.7. The number of rotatable bonds is 10. The molecule has 0 spiro atoms. The van der Waals surface area contributed by atoms with Crippen molar-refractivity contribution < 1.29 is 9.59 Å². The Bertz CT molecular complexity index is 1160. The maximum Gasteiger partial charge on any atom is 0.251 e. The highest BCUT2D eigenvalue weighted by Crippen LogP contribution is 2.25. The summed E-state index contributed by atoms with van der Waals surface area (Å²) in [5.41, 5.74) is 5.00. The summed E-state index contributed by atoms with van der Waals surface area (Å²) in [6, 6.07) is 16.4. The van der Waals surface area contributed by atoms with E-state index in [0.717, 1.165) is 25.1 Å². The standard InChI is InChI=1S/C27H28N4O2/c1-19(2)25-12-21(16-30-17-25)15-29-8-5-9-31-27(33)24-11-20(18-32)10-23(13-24)26-7-4-3-6-22(26)14-28/h3-4,6-7,10-13,16-19,29H,5,8-9,15H2,1-2H3,(H,31,33). The molecule has 0 atom stereocenters. The summed E-state index contributed by atoms with van der Waals surface area (Å²) in [5, 5.41) is 15.7. The molecule has 33 heavy (non-hydrogen) atoms. The van der Waals surface area contributed by atoms with E-state index in [-0.39, 0.29) is 5.91 Å². The number of amides is 1. The van der Waals surface area contributed by atoms with Gasteiger partial charge in [0.2, 0.25) is 0 Å². The molecule has 6 heteroatoms. The highest BCUT2D eigenvalue weighted by Gasteiger charge is 2.12. The van der Waals surface area contributed by atoms with E-state index in [1.54, 1.807) is 30.3 Å². The number of benzene rings is 2.